The van der Waals surface area contributed by atoms with E-state index in [-0.39, 0.29) is 0 Å². The largest absolute Gasteiger partial charge is 0.303 e. The minimum atomic E-state index is 0.311. The van der Waals surface area contributed by atoms with Crippen LogP contribution in [0.3, 0.4) is 0 Å². The average molecular weight is 244 g/mol. The van der Waals surface area contributed by atoms with Gasteiger partial charge in [-0.25, -0.2) is 4.98 Å². The second kappa shape index (κ2) is 6.31. The summed E-state index contributed by atoms with van der Waals surface area (Å²) in [7, 11) is 0. The monoisotopic (exact) mass is 244 g/mol. The van der Waals surface area contributed by atoms with Gasteiger partial charge in [0.2, 0.25) is 0 Å². The molecule has 18 heavy (non-hydrogen) atoms. The normalized spacial score (nSPS) is 12.6. The van der Waals surface area contributed by atoms with Crippen LogP contribution in [0, 0.1) is 0 Å². The summed E-state index contributed by atoms with van der Waals surface area (Å²) < 4.78 is 0. The first kappa shape index (κ1) is 12.8. The van der Waals surface area contributed by atoms with Crippen LogP contribution in [0.15, 0.2) is 30.6 Å². The van der Waals surface area contributed by atoms with E-state index in [2.05, 4.69) is 58.6 Å². The van der Waals surface area contributed by atoms with Crippen LogP contribution in [0.1, 0.15) is 43.3 Å². The lowest BCUT2D eigenvalue weighted by atomic mass is 10.0. The van der Waals surface area contributed by atoms with E-state index in [0.717, 1.165) is 12.2 Å². The third-order valence-electron chi connectivity index (χ3n) is 3.06. The number of H-pyrrole nitrogens is 1. The summed E-state index contributed by atoms with van der Waals surface area (Å²) in [5.41, 5.74) is 2.71. The Morgan fingerprint density at radius 2 is 2.06 bits per heavy atom. The molecule has 0 spiro atoms. The van der Waals surface area contributed by atoms with Gasteiger partial charge in [0, 0.05) is 6.04 Å². The van der Waals surface area contributed by atoms with Gasteiger partial charge in [0.15, 0.2) is 0 Å². The zero-order valence-corrected chi connectivity index (χ0v) is 11.0. The average Bonchev–Trinajstić information content (AvgIpc) is 2.90. The molecule has 96 valence electrons. The number of aromatic nitrogens is 3. The van der Waals surface area contributed by atoms with Crippen molar-refractivity contribution in [3.8, 4) is 0 Å². The van der Waals surface area contributed by atoms with Crippen LogP contribution in [0.2, 0.25) is 0 Å². The molecule has 2 aromatic rings. The van der Waals surface area contributed by atoms with E-state index >= 15 is 0 Å². The van der Waals surface area contributed by atoms with Crippen molar-refractivity contribution < 1.29 is 0 Å². The molecule has 0 aliphatic heterocycles. The number of benzene rings is 1. The van der Waals surface area contributed by atoms with E-state index in [9.17, 15) is 0 Å². The highest BCUT2D eigenvalue weighted by atomic mass is 15.2. The number of rotatable bonds is 6. The quantitative estimate of drug-likeness (QED) is 0.821. The maximum absolute atomic E-state index is 4.09. The van der Waals surface area contributed by atoms with Crippen LogP contribution in [0.5, 0.6) is 0 Å². The Morgan fingerprint density at radius 3 is 2.67 bits per heavy atom. The topological polar surface area (TPSA) is 53.6 Å². The molecule has 0 saturated heterocycles. The molecule has 4 heteroatoms. The first-order valence-electron chi connectivity index (χ1n) is 6.46. The first-order chi connectivity index (χ1) is 8.79. The summed E-state index contributed by atoms with van der Waals surface area (Å²) >= 11 is 0. The minimum absolute atomic E-state index is 0.311. The molecule has 4 nitrogen and oxygen atoms in total. The maximum atomic E-state index is 4.09. The van der Waals surface area contributed by atoms with Gasteiger partial charge in [0.25, 0.3) is 0 Å². The fourth-order valence-electron chi connectivity index (χ4n) is 1.95. The molecule has 0 fully saturated rings. The number of aromatic amines is 1. The van der Waals surface area contributed by atoms with Gasteiger partial charge in [-0.1, -0.05) is 37.6 Å². The number of nitrogens with zero attached hydrogens (tertiary/aromatic N) is 2. The van der Waals surface area contributed by atoms with Crippen molar-refractivity contribution in [2.75, 3.05) is 0 Å². The molecular formula is C14H20N4. The molecule has 2 rings (SSSR count). The smallest absolute Gasteiger partial charge is 0.138 e. The summed E-state index contributed by atoms with van der Waals surface area (Å²) in [5, 5.41) is 10.1. The summed E-state index contributed by atoms with van der Waals surface area (Å²) in [6, 6.07) is 9.13. The van der Waals surface area contributed by atoms with Gasteiger partial charge in [-0.3, -0.25) is 5.10 Å². The molecule has 0 amide bonds. The third-order valence-corrected chi connectivity index (χ3v) is 3.06. The van der Waals surface area contributed by atoms with Gasteiger partial charge in [0.1, 0.15) is 12.2 Å². The summed E-state index contributed by atoms with van der Waals surface area (Å²) in [5.74, 6) is 0.865. The van der Waals surface area contributed by atoms with Crippen molar-refractivity contribution in [1.29, 1.82) is 0 Å². The highest BCUT2D eigenvalue weighted by Crippen LogP contribution is 2.14. The number of hydrogen-bond donors (Lipinski definition) is 2. The highest BCUT2D eigenvalue weighted by Gasteiger charge is 2.05. The molecule has 1 unspecified atom stereocenters. The summed E-state index contributed by atoms with van der Waals surface area (Å²) in [4.78, 5) is 4.09. The van der Waals surface area contributed by atoms with Crippen molar-refractivity contribution in [2.24, 2.45) is 0 Å². The van der Waals surface area contributed by atoms with Crippen molar-refractivity contribution in [3.05, 3.63) is 47.5 Å². The van der Waals surface area contributed by atoms with E-state index < -0.39 is 0 Å². The number of aryl methyl sites for hydroxylation is 1. The van der Waals surface area contributed by atoms with Gasteiger partial charge in [-0.2, -0.15) is 5.10 Å². The fraction of sp³-hybridized carbons (Fsp3) is 0.429. The Balaban J connectivity index is 1.89. The molecule has 1 aromatic heterocycles. The summed E-state index contributed by atoms with van der Waals surface area (Å²) in [6.45, 7) is 5.07. The van der Waals surface area contributed by atoms with Crippen LogP contribution in [-0.4, -0.2) is 15.2 Å². The fourth-order valence-corrected chi connectivity index (χ4v) is 1.95. The Hall–Kier alpha value is -1.68. The van der Waals surface area contributed by atoms with Gasteiger partial charge in [-0.15, -0.1) is 0 Å². The van der Waals surface area contributed by atoms with E-state index in [1.165, 1.54) is 23.9 Å². The zero-order valence-electron chi connectivity index (χ0n) is 11.0. The molecule has 1 atom stereocenters. The maximum Gasteiger partial charge on any atom is 0.138 e. The van der Waals surface area contributed by atoms with Gasteiger partial charge in [0.05, 0.1) is 6.54 Å². The van der Waals surface area contributed by atoms with E-state index in [0.29, 0.717) is 12.6 Å². The van der Waals surface area contributed by atoms with Crippen molar-refractivity contribution in [3.63, 3.8) is 0 Å². The molecule has 1 aromatic carbocycles. The molecule has 0 aliphatic rings. The molecule has 0 radical (unpaired) electrons. The Bertz CT molecular complexity index is 447. The molecule has 0 saturated carbocycles. The van der Waals surface area contributed by atoms with Crippen LogP contribution in [0.25, 0.3) is 0 Å². The second-order valence-corrected chi connectivity index (χ2v) is 4.53. The lowest BCUT2D eigenvalue weighted by molar-refractivity contribution is 0.560. The van der Waals surface area contributed by atoms with Crippen LogP contribution < -0.4 is 5.32 Å². The predicted molar refractivity (Wildman–Crippen MR) is 72.1 cm³/mol. The van der Waals surface area contributed by atoms with Crippen LogP contribution in [-0.2, 0) is 13.0 Å². The summed E-state index contributed by atoms with van der Waals surface area (Å²) in [6.07, 6.45) is 3.88. The predicted octanol–water partition coefficient (Wildman–Crippen LogP) is 2.61. The van der Waals surface area contributed by atoms with E-state index in [1.54, 1.807) is 0 Å². The second-order valence-electron chi connectivity index (χ2n) is 4.53. The Morgan fingerprint density at radius 1 is 1.28 bits per heavy atom. The zero-order chi connectivity index (χ0) is 12.8. The van der Waals surface area contributed by atoms with Crippen LogP contribution >= 0.6 is 0 Å². The lowest BCUT2D eigenvalue weighted by Crippen LogP contribution is -2.18. The van der Waals surface area contributed by atoms with Crippen molar-refractivity contribution >= 4 is 0 Å². The van der Waals surface area contributed by atoms with Crippen LogP contribution in [0.4, 0.5) is 0 Å². The van der Waals surface area contributed by atoms with Gasteiger partial charge < -0.3 is 5.32 Å². The standard InChI is InChI=1S/C14H20N4/c1-3-4-12-5-7-13(8-6-12)11(2)15-9-14-16-10-17-18-14/h5-8,10-11,15H,3-4,9H2,1-2H3,(H,16,17,18). The first-order valence-corrected chi connectivity index (χ1v) is 6.46. The SMILES string of the molecule is CCCc1ccc(C(C)NCc2ncn[nH]2)cc1. The number of nitrogens with one attached hydrogen (secondary N) is 2. The molecule has 2 N–H and O–H groups in total. The molecular weight excluding hydrogens is 224 g/mol. The lowest BCUT2D eigenvalue weighted by Gasteiger charge is -2.13. The van der Waals surface area contributed by atoms with Crippen molar-refractivity contribution in [1.82, 2.24) is 20.5 Å². The van der Waals surface area contributed by atoms with Crippen molar-refractivity contribution in [2.45, 2.75) is 39.3 Å². The van der Waals surface area contributed by atoms with Gasteiger partial charge in [-0.05, 0) is 24.5 Å². The van der Waals surface area contributed by atoms with E-state index in [1.807, 2.05) is 0 Å². The Kier molecular flexibility index (Phi) is 4.47. The highest BCUT2D eigenvalue weighted by molar-refractivity contribution is 5.24. The number of hydrogen-bond acceptors (Lipinski definition) is 3. The molecule has 1 heterocycles. The molecule has 0 aliphatic carbocycles. The molecule has 0 bridgehead atoms. The Labute approximate surface area is 108 Å². The van der Waals surface area contributed by atoms with Gasteiger partial charge >= 0.3 is 0 Å². The third kappa shape index (κ3) is 3.40. The van der Waals surface area contributed by atoms with E-state index in [4.69, 9.17) is 0 Å². The minimum Gasteiger partial charge on any atom is -0.303 e.